The van der Waals surface area contributed by atoms with Gasteiger partial charge in [0, 0.05) is 4.88 Å². The first kappa shape index (κ1) is 13.4. The number of thiophene rings is 1. The van der Waals surface area contributed by atoms with Gasteiger partial charge in [0.2, 0.25) is 5.28 Å². The van der Waals surface area contributed by atoms with Crippen molar-refractivity contribution >= 4 is 39.0 Å². The normalized spacial score (nSPS) is 12.1. The quantitative estimate of drug-likeness (QED) is 0.873. The summed E-state index contributed by atoms with van der Waals surface area (Å²) in [6.45, 7) is 0.815. The molecular weight excluding hydrogens is 287 g/mol. The predicted octanol–water partition coefficient (Wildman–Crippen LogP) is 3.88. The van der Waals surface area contributed by atoms with Gasteiger partial charge in [-0.1, -0.05) is 6.92 Å². The third-order valence-electron chi connectivity index (χ3n) is 2.22. The Labute approximate surface area is 110 Å². The van der Waals surface area contributed by atoms with Gasteiger partial charge in [0.05, 0.1) is 5.39 Å². The number of fused-ring (bicyclic) bond motifs is 1. The minimum atomic E-state index is -4.30. The summed E-state index contributed by atoms with van der Waals surface area (Å²) in [6, 6.07) is 1.79. The lowest BCUT2D eigenvalue weighted by Gasteiger charge is -2.09. The molecule has 98 valence electrons. The lowest BCUT2D eigenvalue weighted by atomic mass is 10.3. The van der Waals surface area contributed by atoms with Gasteiger partial charge >= 0.3 is 6.18 Å². The van der Waals surface area contributed by atoms with Crippen molar-refractivity contribution < 1.29 is 13.2 Å². The summed E-state index contributed by atoms with van der Waals surface area (Å²) in [7, 11) is 0. The first-order valence-corrected chi connectivity index (χ1v) is 6.35. The second-order valence-corrected chi connectivity index (χ2v) is 5.05. The maximum absolute atomic E-state index is 12.2. The van der Waals surface area contributed by atoms with Crippen molar-refractivity contribution in [1.29, 1.82) is 0 Å². The summed E-state index contributed by atoms with van der Waals surface area (Å²) in [5.41, 5.74) is 0. The van der Waals surface area contributed by atoms with Gasteiger partial charge < -0.3 is 5.32 Å². The Morgan fingerprint density at radius 1 is 1.39 bits per heavy atom. The first-order chi connectivity index (χ1) is 8.39. The average Bonchev–Trinajstić information content (AvgIpc) is 2.67. The summed E-state index contributed by atoms with van der Waals surface area (Å²) in [6.07, 6.45) is -3.51. The van der Waals surface area contributed by atoms with Crippen molar-refractivity contribution in [1.82, 2.24) is 9.97 Å². The number of halogens is 4. The number of aromatic nitrogens is 2. The zero-order valence-corrected chi connectivity index (χ0v) is 10.9. The number of anilines is 1. The topological polar surface area (TPSA) is 37.8 Å². The highest BCUT2D eigenvalue weighted by Gasteiger charge is 2.27. The average molecular weight is 296 g/mol. The minimum absolute atomic E-state index is 0.0586. The van der Waals surface area contributed by atoms with Gasteiger partial charge in [-0.25, -0.2) is 9.97 Å². The highest BCUT2D eigenvalue weighted by Crippen LogP contribution is 2.30. The number of hydrogen-bond acceptors (Lipinski definition) is 4. The second-order valence-electron chi connectivity index (χ2n) is 3.60. The predicted molar refractivity (Wildman–Crippen MR) is 66.3 cm³/mol. The Bertz CT molecular complexity index is 567. The van der Waals surface area contributed by atoms with Crippen LogP contribution in [0.1, 0.15) is 11.8 Å². The maximum Gasteiger partial charge on any atom is 0.405 e. The molecule has 0 saturated heterocycles. The van der Waals surface area contributed by atoms with Crippen LogP contribution in [0.2, 0.25) is 5.28 Å². The lowest BCUT2D eigenvalue weighted by molar-refractivity contribution is -0.115. The SMILES string of the molecule is CCc1cc2c(NCC(F)(F)F)nc(Cl)nc2s1. The Balaban J connectivity index is 2.39. The highest BCUT2D eigenvalue weighted by atomic mass is 35.5. The molecule has 2 aromatic heterocycles. The first-order valence-electron chi connectivity index (χ1n) is 5.15. The number of hydrogen-bond donors (Lipinski definition) is 1. The summed E-state index contributed by atoms with van der Waals surface area (Å²) < 4.78 is 36.5. The lowest BCUT2D eigenvalue weighted by Crippen LogP contribution is -2.21. The summed E-state index contributed by atoms with van der Waals surface area (Å²) in [5, 5.41) is 2.77. The van der Waals surface area contributed by atoms with E-state index in [0.29, 0.717) is 10.2 Å². The Kier molecular flexibility index (Phi) is 3.63. The Morgan fingerprint density at radius 2 is 2.11 bits per heavy atom. The van der Waals surface area contributed by atoms with Crippen LogP contribution in [0.25, 0.3) is 10.2 Å². The molecule has 0 radical (unpaired) electrons. The van der Waals surface area contributed by atoms with E-state index in [1.165, 1.54) is 11.3 Å². The third kappa shape index (κ3) is 3.02. The number of nitrogens with zero attached hydrogens (tertiary/aromatic N) is 2. The zero-order valence-electron chi connectivity index (χ0n) is 9.31. The fourth-order valence-corrected chi connectivity index (χ4v) is 2.62. The van der Waals surface area contributed by atoms with E-state index in [4.69, 9.17) is 11.6 Å². The van der Waals surface area contributed by atoms with Crippen LogP contribution in [-0.2, 0) is 6.42 Å². The molecule has 0 unspecified atom stereocenters. The van der Waals surface area contributed by atoms with E-state index in [2.05, 4.69) is 15.3 Å². The largest absolute Gasteiger partial charge is 0.405 e. The minimum Gasteiger partial charge on any atom is -0.360 e. The summed E-state index contributed by atoms with van der Waals surface area (Å²) in [4.78, 5) is 9.42. The summed E-state index contributed by atoms with van der Waals surface area (Å²) >= 11 is 7.09. The van der Waals surface area contributed by atoms with Gasteiger partial charge in [-0.15, -0.1) is 11.3 Å². The molecule has 3 nitrogen and oxygen atoms in total. The number of alkyl halides is 3. The van der Waals surface area contributed by atoms with Gasteiger partial charge in [-0.05, 0) is 24.1 Å². The molecule has 0 spiro atoms. The van der Waals surface area contributed by atoms with Crippen LogP contribution in [0.15, 0.2) is 6.07 Å². The monoisotopic (exact) mass is 295 g/mol. The van der Waals surface area contributed by atoms with E-state index in [9.17, 15) is 13.2 Å². The molecule has 0 atom stereocenters. The van der Waals surface area contributed by atoms with Crippen LogP contribution >= 0.6 is 22.9 Å². The summed E-state index contributed by atoms with van der Waals surface area (Å²) in [5.74, 6) is 0.123. The molecule has 2 heterocycles. The Hall–Kier alpha value is -1.08. The van der Waals surface area contributed by atoms with Crippen molar-refractivity contribution in [2.24, 2.45) is 0 Å². The molecule has 0 aliphatic heterocycles. The number of aryl methyl sites for hydroxylation is 1. The number of nitrogens with one attached hydrogen (secondary N) is 1. The van der Waals surface area contributed by atoms with E-state index >= 15 is 0 Å². The highest BCUT2D eigenvalue weighted by molar-refractivity contribution is 7.18. The van der Waals surface area contributed by atoms with Crippen LogP contribution in [0, 0.1) is 0 Å². The number of rotatable bonds is 3. The second kappa shape index (κ2) is 4.89. The van der Waals surface area contributed by atoms with Crippen molar-refractivity contribution in [3.8, 4) is 0 Å². The van der Waals surface area contributed by atoms with Crippen LogP contribution in [0.4, 0.5) is 19.0 Å². The van der Waals surface area contributed by atoms with E-state index in [0.717, 1.165) is 11.3 Å². The Morgan fingerprint density at radius 3 is 2.72 bits per heavy atom. The molecule has 0 aliphatic carbocycles. The van der Waals surface area contributed by atoms with Gasteiger partial charge in [0.25, 0.3) is 0 Å². The van der Waals surface area contributed by atoms with Gasteiger partial charge in [-0.3, -0.25) is 0 Å². The fourth-order valence-electron chi connectivity index (χ4n) is 1.44. The van der Waals surface area contributed by atoms with E-state index in [1.54, 1.807) is 6.07 Å². The van der Waals surface area contributed by atoms with Crippen molar-refractivity contribution in [3.63, 3.8) is 0 Å². The van der Waals surface area contributed by atoms with E-state index in [-0.39, 0.29) is 11.1 Å². The van der Waals surface area contributed by atoms with Crippen LogP contribution in [-0.4, -0.2) is 22.7 Å². The van der Waals surface area contributed by atoms with Gasteiger partial charge in [-0.2, -0.15) is 13.2 Å². The smallest absolute Gasteiger partial charge is 0.360 e. The molecule has 0 aromatic carbocycles. The molecule has 2 rings (SSSR count). The molecular formula is C10H9ClF3N3S. The molecule has 0 saturated carbocycles. The zero-order chi connectivity index (χ0) is 13.3. The molecule has 0 bridgehead atoms. The molecule has 0 amide bonds. The maximum atomic E-state index is 12.2. The van der Waals surface area contributed by atoms with E-state index < -0.39 is 12.7 Å². The molecule has 2 aromatic rings. The van der Waals surface area contributed by atoms with Crippen molar-refractivity contribution in [2.75, 3.05) is 11.9 Å². The molecule has 0 aliphatic rings. The molecule has 1 N–H and O–H groups in total. The van der Waals surface area contributed by atoms with Crippen LogP contribution in [0.3, 0.4) is 0 Å². The standard InChI is InChI=1S/C10H9ClF3N3S/c1-2-5-3-6-7(15-4-10(12,13)14)16-9(11)17-8(6)18-5/h3H,2,4H2,1H3,(H,15,16,17). The van der Waals surface area contributed by atoms with Crippen molar-refractivity contribution in [3.05, 3.63) is 16.2 Å². The van der Waals surface area contributed by atoms with E-state index in [1.807, 2.05) is 6.92 Å². The van der Waals surface area contributed by atoms with Gasteiger partial charge in [0.15, 0.2) is 0 Å². The molecule has 0 fully saturated rings. The third-order valence-corrected chi connectivity index (χ3v) is 3.56. The van der Waals surface area contributed by atoms with Crippen LogP contribution < -0.4 is 5.32 Å². The van der Waals surface area contributed by atoms with Crippen molar-refractivity contribution in [2.45, 2.75) is 19.5 Å². The fraction of sp³-hybridized carbons (Fsp3) is 0.400. The van der Waals surface area contributed by atoms with Crippen LogP contribution in [0.5, 0.6) is 0 Å². The molecule has 8 heteroatoms. The van der Waals surface area contributed by atoms with Gasteiger partial charge in [0.1, 0.15) is 17.2 Å². The molecule has 18 heavy (non-hydrogen) atoms.